The number of carbonyl (C=O) groups excluding carboxylic acids is 2. The third-order valence-corrected chi connectivity index (χ3v) is 4.06. The molecule has 1 atom stereocenters. The molecule has 0 bridgehead atoms. The van der Waals surface area contributed by atoms with Crippen molar-refractivity contribution >= 4 is 17.6 Å². The molecule has 0 radical (unpaired) electrons. The predicted molar refractivity (Wildman–Crippen MR) is 107 cm³/mol. The summed E-state index contributed by atoms with van der Waals surface area (Å²) in [6.07, 6.45) is -1.15. The van der Waals surface area contributed by atoms with Crippen molar-refractivity contribution in [3.63, 3.8) is 0 Å². The molecule has 0 heterocycles. The fraction of sp³-hybridized carbons (Fsp3) is 0.130. The number of nitrogens with one attached hydrogen (secondary N) is 1. The van der Waals surface area contributed by atoms with Crippen molar-refractivity contribution in [2.45, 2.75) is 13.0 Å². The monoisotopic (exact) mass is 393 g/mol. The van der Waals surface area contributed by atoms with Gasteiger partial charge in [-0.05, 0) is 31.2 Å². The lowest BCUT2D eigenvalue weighted by atomic mass is 10.1. The minimum Gasteiger partial charge on any atom is -0.482 e. The Balaban J connectivity index is 1.69. The Morgan fingerprint density at radius 3 is 2.38 bits per heavy atom. The lowest BCUT2D eigenvalue weighted by molar-refractivity contribution is -0.156. The van der Waals surface area contributed by atoms with E-state index in [0.29, 0.717) is 11.3 Å². The van der Waals surface area contributed by atoms with Crippen molar-refractivity contribution in [1.82, 2.24) is 0 Å². The van der Waals surface area contributed by atoms with Crippen LogP contribution in [-0.2, 0) is 14.3 Å². The Bertz CT molecular complexity index is 974. The summed E-state index contributed by atoms with van der Waals surface area (Å²) in [5.74, 6) is -1.51. The molecule has 0 aliphatic heterocycles. The minimum absolute atomic E-state index is 0.197. The van der Waals surface area contributed by atoms with E-state index < -0.39 is 30.4 Å². The quantitative estimate of drug-likeness (QED) is 0.603. The SMILES string of the molecule is Cc1ccc(NC(=O)[C@@H](OC(=O)COc2cccc(F)c2)c2ccccc2)cc1. The van der Waals surface area contributed by atoms with Gasteiger partial charge in [-0.15, -0.1) is 0 Å². The molecular weight excluding hydrogens is 373 g/mol. The van der Waals surface area contributed by atoms with Crippen molar-refractivity contribution < 1.29 is 23.5 Å². The molecule has 1 N–H and O–H groups in total. The molecule has 0 fully saturated rings. The van der Waals surface area contributed by atoms with Gasteiger partial charge in [0.1, 0.15) is 11.6 Å². The number of hydrogen-bond acceptors (Lipinski definition) is 4. The highest BCUT2D eigenvalue weighted by Crippen LogP contribution is 2.21. The van der Waals surface area contributed by atoms with Crippen LogP contribution in [0.3, 0.4) is 0 Å². The topological polar surface area (TPSA) is 64.6 Å². The van der Waals surface area contributed by atoms with Crippen LogP contribution >= 0.6 is 0 Å². The molecule has 0 aromatic heterocycles. The van der Waals surface area contributed by atoms with Crippen molar-refractivity contribution in [3.05, 3.63) is 95.8 Å². The maximum absolute atomic E-state index is 13.2. The number of carbonyl (C=O) groups is 2. The molecule has 6 heteroatoms. The standard InChI is InChI=1S/C23H20FNO4/c1-16-10-12-19(13-11-16)25-23(27)22(17-6-3-2-4-7-17)29-21(26)15-28-20-9-5-8-18(24)14-20/h2-14,22H,15H2,1H3,(H,25,27)/t22-/m0/s1. The summed E-state index contributed by atoms with van der Waals surface area (Å²) in [6.45, 7) is 1.49. The molecule has 3 aromatic rings. The number of amides is 1. The lowest BCUT2D eigenvalue weighted by Gasteiger charge is -2.18. The van der Waals surface area contributed by atoms with Gasteiger partial charge in [0.2, 0.25) is 6.10 Å². The molecule has 0 aliphatic rings. The normalized spacial score (nSPS) is 11.4. The zero-order valence-corrected chi connectivity index (χ0v) is 15.8. The first-order valence-electron chi connectivity index (χ1n) is 9.01. The molecule has 0 saturated carbocycles. The van der Waals surface area contributed by atoms with Crippen LogP contribution < -0.4 is 10.1 Å². The van der Waals surface area contributed by atoms with Crippen LogP contribution in [0, 0.1) is 12.7 Å². The van der Waals surface area contributed by atoms with E-state index >= 15 is 0 Å². The van der Waals surface area contributed by atoms with Gasteiger partial charge >= 0.3 is 5.97 Å². The lowest BCUT2D eigenvalue weighted by Crippen LogP contribution is -2.28. The maximum atomic E-state index is 13.2. The molecule has 0 unspecified atom stereocenters. The average molecular weight is 393 g/mol. The third-order valence-electron chi connectivity index (χ3n) is 4.06. The highest BCUT2D eigenvalue weighted by Gasteiger charge is 2.25. The number of ether oxygens (including phenoxy) is 2. The highest BCUT2D eigenvalue weighted by atomic mass is 19.1. The fourth-order valence-electron chi connectivity index (χ4n) is 2.61. The molecule has 3 rings (SSSR count). The summed E-state index contributed by atoms with van der Waals surface area (Å²) in [7, 11) is 0. The van der Waals surface area contributed by atoms with Crippen LogP contribution in [0.5, 0.6) is 5.75 Å². The van der Waals surface area contributed by atoms with Gasteiger partial charge in [-0.1, -0.05) is 54.1 Å². The first-order valence-corrected chi connectivity index (χ1v) is 9.01. The molecule has 3 aromatic carbocycles. The summed E-state index contributed by atoms with van der Waals surface area (Å²) in [5.41, 5.74) is 2.17. The molecule has 0 spiro atoms. The smallest absolute Gasteiger partial charge is 0.345 e. The first-order chi connectivity index (χ1) is 14.0. The van der Waals surface area contributed by atoms with E-state index in [9.17, 15) is 14.0 Å². The van der Waals surface area contributed by atoms with E-state index in [-0.39, 0.29) is 5.75 Å². The van der Waals surface area contributed by atoms with Crippen molar-refractivity contribution in [2.24, 2.45) is 0 Å². The summed E-state index contributed by atoms with van der Waals surface area (Å²) in [5, 5.41) is 2.75. The van der Waals surface area contributed by atoms with E-state index in [2.05, 4.69) is 5.32 Å². The van der Waals surface area contributed by atoms with E-state index in [1.54, 1.807) is 42.5 Å². The molecule has 148 valence electrons. The van der Waals surface area contributed by atoms with Gasteiger partial charge in [-0.2, -0.15) is 0 Å². The van der Waals surface area contributed by atoms with E-state index in [1.165, 1.54) is 18.2 Å². The predicted octanol–water partition coefficient (Wildman–Crippen LogP) is 4.44. The molecule has 0 saturated heterocycles. The van der Waals surface area contributed by atoms with Crippen LogP contribution in [0.1, 0.15) is 17.2 Å². The zero-order valence-electron chi connectivity index (χ0n) is 15.8. The summed E-state index contributed by atoms with van der Waals surface area (Å²) >= 11 is 0. The second-order valence-corrected chi connectivity index (χ2v) is 6.38. The molecule has 1 amide bonds. The molecule has 29 heavy (non-hydrogen) atoms. The zero-order chi connectivity index (χ0) is 20.6. The summed E-state index contributed by atoms with van der Waals surface area (Å²) < 4.78 is 23.8. The van der Waals surface area contributed by atoms with Crippen molar-refractivity contribution in [1.29, 1.82) is 0 Å². The van der Waals surface area contributed by atoms with Crippen molar-refractivity contribution in [2.75, 3.05) is 11.9 Å². The maximum Gasteiger partial charge on any atom is 0.345 e. The number of hydrogen-bond donors (Lipinski definition) is 1. The van der Waals surface area contributed by atoms with E-state index in [0.717, 1.165) is 11.6 Å². The largest absolute Gasteiger partial charge is 0.482 e. The number of benzene rings is 3. The van der Waals surface area contributed by atoms with Gasteiger partial charge < -0.3 is 14.8 Å². The van der Waals surface area contributed by atoms with E-state index in [1.807, 2.05) is 19.1 Å². The number of esters is 1. The summed E-state index contributed by atoms with van der Waals surface area (Å²) in [4.78, 5) is 25.0. The minimum atomic E-state index is -1.15. The molecule has 5 nitrogen and oxygen atoms in total. The van der Waals surface area contributed by atoms with Crippen LogP contribution in [0.25, 0.3) is 0 Å². The Kier molecular flexibility index (Phi) is 6.58. The number of anilines is 1. The van der Waals surface area contributed by atoms with Crippen LogP contribution in [0.2, 0.25) is 0 Å². The van der Waals surface area contributed by atoms with Gasteiger partial charge in [-0.25, -0.2) is 9.18 Å². The van der Waals surface area contributed by atoms with Gasteiger partial charge in [-0.3, -0.25) is 4.79 Å². The summed E-state index contributed by atoms with van der Waals surface area (Å²) in [6, 6.07) is 21.4. The molecular formula is C23H20FNO4. The van der Waals surface area contributed by atoms with Gasteiger partial charge in [0, 0.05) is 17.3 Å². The second-order valence-electron chi connectivity index (χ2n) is 6.38. The Labute approximate surface area is 168 Å². The van der Waals surface area contributed by atoms with Crippen LogP contribution in [-0.4, -0.2) is 18.5 Å². The Morgan fingerprint density at radius 2 is 1.69 bits per heavy atom. The number of aryl methyl sites for hydroxylation is 1. The highest BCUT2D eigenvalue weighted by molar-refractivity contribution is 5.96. The fourth-order valence-corrected chi connectivity index (χ4v) is 2.61. The Hall–Kier alpha value is -3.67. The average Bonchev–Trinajstić information content (AvgIpc) is 2.73. The third kappa shape index (κ3) is 5.90. The van der Waals surface area contributed by atoms with Crippen LogP contribution in [0.4, 0.5) is 10.1 Å². The van der Waals surface area contributed by atoms with Gasteiger partial charge in [0.25, 0.3) is 5.91 Å². The van der Waals surface area contributed by atoms with Crippen LogP contribution in [0.15, 0.2) is 78.9 Å². The van der Waals surface area contributed by atoms with E-state index in [4.69, 9.17) is 9.47 Å². The first kappa shape index (κ1) is 20.1. The number of halogens is 1. The second kappa shape index (κ2) is 9.50. The Morgan fingerprint density at radius 1 is 0.966 bits per heavy atom. The van der Waals surface area contributed by atoms with Gasteiger partial charge in [0.05, 0.1) is 0 Å². The molecule has 0 aliphatic carbocycles. The van der Waals surface area contributed by atoms with Gasteiger partial charge in [0.15, 0.2) is 6.61 Å². The number of rotatable bonds is 7. The van der Waals surface area contributed by atoms with Crippen molar-refractivity contribution in [3.8, 4) is 5.75 Å².